The van der Waals surface area contributed by atoms with Crippen LogP contribution in [0.1, 0.15) is 92.9 Å². The maximum atomic E-state index is 12.9. The third-order valence-corrected chi connectivity index (χ3v) is 17.8. The van der Waals surface area contributed by atoms with E-state index in [1.54, 1.807) is 129 Å². The molecule has 25 heteroatoms. The van der Waals surface area contributed by atoms with Gasteiger partial charge in [-0.25, -0.2) is 9.59 Å². The highest BCUT2D eigenvalue weighted by Crippen LogP contribution is 2.35. The average Bonchev–Trinajstić information content (AvgIpc) is 0.831. The van der Waals surface area contributed by atoms with Crippen molar-refractivity contribution in [1.82, 2.24) is 9.97 Å². The molecule has 6 N–H and O–H groups in total. The molecule has 0 aliphatic carbocycles. The summed E-state index contributed by atoms with van der Waals surface area (Å²) in [7, 11) is 11.4. The first kappa shape index (κ1) is 91.6. The number of rotatable bonds is 32. The lowest BCUT2D eigenvalue weighted by Crippen LogP contribution is -2.06. The van der Waals surface area contributed by atoms with Crippen molar-refractivity contribution >= 4 is 40.8 Å². The number of pyridine rings is 2. The highest BCUT2D eigenvalue weighted by Gasteiger charge is 2.17. The van der Waals surface area contributed by atoms with Crippen LogP contribution in [0.15, 0.2) is 292 Å². The monoisotopic (exact) mass is 1660 g/mol. The number of methoxy groups -OCH3 is 7. The molecule has 0 saturated carbocycles. The predicted molar refractivity (Wildman–Crippen MR) is 460 cm³/mol. The fourth-order valence-electron chi connectivity index (χ4n) is 10.6. The summed E-state index contributed by atoms with van der Waals surface area (Å²) in [6.45, 7) is 3.52. The number of ether oxygens (including phenoxy) is 13. The van der Waals surface area contributed by atoms with Gasteiger partial charge < -0.3 is 87.7 Å². The summed E-state index contributed by atoms with van der Waals surface area (Å²) in [5.41, 5.74) is 15.1. The van der Waals surface area contributed by atoms with Gasteiger partial charge in [0.25, 0.3) is 0 Å². The molecule has 0 saturated heterocycles. The molecular formula is C96H94ClN3O21. The minimum absolute atomic E-state index is 0.00722. The number of nitrogens with two attached hydrogens (primary N) is 1. The number of aromatic nitrogens is 2. The van der Waals surface area contributed by atoms with Gasteiger partial charge in [-0.2, -0.15) is 0 Å². The Morgan fingerprint density at radius 3 is 0.826 bits per heavy atom. The molecular weight excluding hydrogens is 1570 g/mol. The number of carbonyl (C=O) groups excluding carboxylic acids is 2. The molecule has 0 fully saturated rings. The van der Waals surface area contributed by atoms with Crippen molar-refractivity contribution in [2.24, 2.45) is 0 Å². The minimum Gasteiger partial charge on any atom is -0.504 e. The van der Waals surface area contributed by atoms with Crippen LogP contribution in [-0.2, 0) is 51.9 Å². The molecule has 121 heavy (non-hydrogen) atoms. The fraction of sp³-hybridized carbons (Fsp3) is 0.167. The highest BCUT2D eigenvalue weighted by molar-refractivity contribution is 6.17. The number of nitrogen functional groups attached to an aromatic ring is 1. The lowest BCUT2D eigenvalue weighted by atomic mass is 10.0. The molecule has 2 heterocycles. The van der Waals surface area contributed by atoms with Gasteiger partial charge in [-0.05, 0) is 233 Å². The zero-order valence-corrected chi connectivity index (χ0v) is 68.7. The van der Waals surface area contributed by atoms with Crippen molar-refractivity contribution in [3.63, 3.8) is 0 Å². The highest BCUT2D eigenvalue weighted by atomic mass is 35.5. The molecule has 0 spiro atoms. The quantitative estimate of drug-likeness (QED) is 0.0149. The van der Waals surface area contributed by atoms with Crippen LogP contribution in [0.5, 0.6) is 86.2 Å². The Labute approximate surface area is 707 Å². The zero-order valence-electron chi connectivity index (χ0n) is 67.9. The van der Waals surface area contributed by atoms with Gasteiger partial charge in [0.1, 0.15) is 79.9 Å². The standard InChI is InChI=1S/C29H27NO5.C24H24O5.C23H22O6.C8H9ClO.C7H6O4.C5H6N2/c1-32-25-8-3-22(4-9-25)19-34-28-12-7-24(27(31)17-21-13-15-30-16-14-21)18-29(28)35-20-23-5-10-26(33-2)11-6-23;1-17(25)20-8-13-23(28-15-18-4-9-21(26-2)10-5-18)24(14-20)29-16-19-6-11-22(27-3)12-7-19;1-26-19-8-3-16(4-9-19)14-28-21-12-7-18(23(24)25)13-22(21)29-15-17-5-10-20(27-2)11-6-17;1-10-8-4-2-7(6-9)3-5-8;8-5-2-1-4(7(10)11)3-6(5)9;6-5-1-3-7-4-2-5/h3-16,18H,17,19-20H2,1-2H3;4-14H,15-16H2,1-3H3;3-13H,14-15H2,1-2H3,(H,24,25);2-5H,6H2,1H3;1-3,8-9H,(H,10,11);1-4H,(H2,6,7). The zero-order chi connectivity index (χ0) is 86.7. The number of anilines is 1. The summed E-state index contributed by atoms with van der Waals surface area (Å²) in [6, 6.07) is 78.9. The Morgan fingerprint density at radius 1 is 0.298 bits per heavy atom. The number of hydrogen-bond acceptors (Lipinski definition) is 22. The number of aromatic hydroxyl groups is 2. The number of carbonyl (C=O) groups is 4. The SMILES string of the molecule is COc1ccc(CCl)cc1.COc1ccc(COc2ccc(C(=O)Cc3ccncc3)cc2OCc2ccc(OC)cc2)cc1.COc1ccc(COc2ccc(C(=O)O)cc2OCc2ccc(OC)cc2)cc1.COc1ccc(COc2ccc(C(C)=O)cc2OCc2ccc(OC)cc2)cc1.Nc1ccncc1.O=C(O)c1ccc(O)c(O)c1. The van der Waals surface area contributed by atoms with Crippen molar-refractivity contribution in [1.29, 1.82) is 0 Å². The Bertz CT molecular complexity index is 5140. The van der Waals surface area contributed by atoms with Crippen LogP contribution < -0.4 is 67.3 Å². The summed E-state index contributed by atoms with van der Waals surface area (Å²) in [6.07, 6.45) is 6.97. The van der Waals surface area contributed by atoms with Crippen LogP contribution in [0.4, 0.5) is 5.69 Å². The van der Waals surface area contributed by atoms with Crippen LogP contribution in [0.25, 0.3) is 0 Å². The van der Waals surface area contributed by atoms with Crippen LogP contribution in [0.3, 0.4) is 0 Å². The number of aromatic carboxylic acids is 2. The number of carboxylic acids is 2. The summed E-state index contributed by atoms with van der Waals surface area (Å²) in [4.78, 5) is 54.1. The Kier molecular flexibility index (Phi) is 37.3. The number of Topliss-reactive ketones (excluding diaryl/α,β-unsaturated/α-hetero) is 2. The summed E-state index contributed by atoms with van der Waals surface area (Å²) in [5.74, 6) is 6.18. The van der Waals surface area contributed by atoms with Gasteiger partial charge in [0.2, 0.25) is 0 Å². The maximum absolute atomic E-state index is 12.9. The van der Waals surface area contributed by atoms with Crippen LogP contribution in [0.2, 0.25) is 0 Å². The van der Waals surface area contributed by atoms with Crippen LogP contribution in [-0.4, -0.2) is 104 Å². The van der Waals surface area contributed by atoms with Crippen molar-refractivity contribution in [3.8, 4) is 86.2 Å². The lowest BCUT2D eigenvalue weighted by Gasteiger charge is -2.15. The molecule has 11 aromatic carbocycles. The van der Waals surface area contributed by atoms with Gasteiger partial charge in [-0.15, -0.1) is 11.6 Å². The first-order valence-electron chi connectivity index (χ1n) is 37.4. The van der Waals surface area contributed by atoms with E-state index in [0.29, 0.717) is 84.5 Å². The van der Waals surface area contributed by atoms with Gasteiger partial charge in [0.05, 0.1) is 60.9 Å². The van der Waals surface area contributed by atoms with Gasteiger partial charge >= 0.3 is 11.9 Å². The van der Waals surface area contributed by atoms with Crippen LogP contribution in [0, 0.1) is 0 Å². The fourth-order valence-corrected chi connectivity index (χ4v) is 10.7. The molecule has 0 aliphatic rings. The van der Waals surface area contributed by atoms with E-state index in [1.165, 1.54) is 25.1 Å². The van der Waals surface area contributed by atoms with Crippen LogP contribution >= 0.6 is 11.6 Å². The first-order chi connectivity index (χ1) is 58.7. The third kappa shape index (κ3) is 31.2. The summed E-state index contributed by atoms with van der Waals surface area (Å²) >= 11 is 5.58. The van der Waals surface area contributed by atoms with E-state index < -0.39 is 17.7 Å². The van der Waals surface area contributed by atoms with Crippen molar-refractivity contribution < 1.29 is 101 Å². The van der Waals surface area contributed by atoms with E-state index in [-0.39, 0.29) is 41.5 Å². The topological polar surface area (TPSA) is 321 Å². The molecule has 24 nitrogen and oxygen atoms in total. The smallest absolute Gasteiger partial charge is 0.335 e. The van der Waals surface area contributed by atoms with Gasteiger partial charge in [-0.3, -0.25) is 19.6 Å². The summed E-state index contributed by atoms with van der Waals surface area (Å²) in [5, 5.41) is 35.3. The molecule has 0 bridgehead atoms. The van der Waals surface area contributed by atoms with Gasteiger partial charge in [-0.1, -0.05) is 84.9 Å². The molecule has 13 aromatic rings. The normalized spacial score (nSPS) is 10.1. The molecule has 0 radical (unpaired) electrons. The number of nitrogens with zero attached hydrogens (tertiary/aromatic N) is 2. The predicted octanol–water partition coefficient (Wildman–Crippen LogP) is 19.2. The van der Waals surface area contributed by atoms with E-state index in [0.717, 1.165) is 103 Å². The van der Waals surface area contributed by atoms with E-state index in [2.05, 4.69) is 9.97 Å². The second-order valence-corrected chi connectivity index (χ2v) is 26.2. The van der Waals surface area contributed by atoms with Gasteiger partial charge in [0.15, 0.2) is 57.6 Å². The van der Waals surface area contributed by atoms with E-state index in [4.69, 9.17) is 94.2 Å². The largest absolute Gasteiger partial charge is 0.504 e. The second-order valence-electron chi connectivity index (χ2n) is 25.9. The third-order valence-electron chi connectivity index (χ3n) is 17.5. The molecule has 626 valence electrons. The minimum atomic E-state index is -1.14. The van der Waals surface area contributed by atoms with Gasteiger partial charge in [0, 0.05) is 53.9 Å². The number of benzene rings is 11. The maximum Gasteiger partial charge on any atom is 0.335 e. The average molecular weight is 1660 g/mol. The number of hydrogen-bond donors (Lipinski definition) is 5. The Balaban J connectivity index is 0.000000194. The van der Waals surface area contributed by atoms with Crippen molar-refractivity contribution in [3.05, 3.63) is 358 Å². The number of phenolic OH excluding ortho intramolecular Hbond substituents is 2. The number of phenols is 2. The Morgan fingerprint density at radius 2 is 0.554 bits per heavy atom. The van der Waals surface area contributed by atoms with Crippen molar-refractivity contribution in [2.45, 2.75) is 58.9 Å². The molecule has 0 aliphatic heterocycles. The lowest BCUT2D eigenvalue weighted by molar-refractivity contribution is 0.0685. The number of ketones is 2. The molecule has 2 aromatic heterocycles. The van der Waals surface area contributed by atoms with Crippen molar-refractivity contribution in [2.75, 3.05) is 55.5 Å². The second kappa shape index (κ2) is 49.2. The molecule has 0 unspecified atom stereocenters. The molecule has 0 amide bonds. The summed E-state index contributed by atoms with van der Waals surface area (Å²) < 4.78 is 71.9. The number of alkyl halides is 1. The molecule has 0 atom stereocenters. The molecule has 13 rings (SSSR count). The van der Waals surface area contributed by atoms with E-state index in [9.17, 15) is 24.3 Å². The Hall–Kier alpha value is -14.9. The number of carboxylic acid groups (broad SMARTS) is 2. The number of halogens is 1. The van der Waals surface area contributed by atoms with E-state index in [1.807, 2.05) is 182 Å². The first-order valence-corrected chi connectivity index (χ1v) is 37.9. The van der Waals surface area contributed by atoms with E-state index >= 15 is 0 Å².